The number of halogens is 4. The van der Waals surface area contributed by atoms with Crippen LogP contribution in [0.2, 0.25) is 5.02 Å². The van der Waals surface area contributed by atoms with E-state index in [1.54, 1.807) is 24.3 Å². The van der Waals surface area contributed by atoms with Gasteiger partial charge in [-0.2, -0.15) is 13.2 Å². The van der Waals surface area contributed by atoms with Crippen LogP contribution in [0.4, 0.5) is 24.5 Å². The molecule has 0 unspecified atom stereocenters. The number of ether oxygens (including phenoxy) is 1. The molecule has 2 aromatic carbocycles. The summed E-state index contributed by atoms with van der Waals surface area (Å²) in [6.07, 6.45) is 0.481. The Balaban J connectivity index is 1.82. The summed E-state index contributed by atoms with van der Waals surface area (Å²) in [5.74, 6) is -0.125. The summed E-state index contributed by atoms with van der Waals surface area (Å²) in [4.78, 5) is 12.3. The molecule has 0 saturated heterocycles. The molecule has 1 heterocycles. The Morgan fingerprint density at radius 1 is 1.16 bits per heavy atom. The highest BCUT2D eigenvalue weighted by atomic mass is 35.5. The minimum Gasteiger partial charge on any atom is -0.488 e. The molecule has 6 nitrogen and oxygen atoms in total. The number of carbonyl (C=O) groups excluding carboxylic acids is 1. The van der Waals surface area contributed by atoms with E-state index in [0.717, 1.165) is 24.0 Å². The zero-order chi connectivity index (χ0) is 22.8. The summed E-state index contributed by atoms with van der Waals surface area (Å²) < 4.78 is 69.7. The number of fused-ring (bicyclic) bond motifs is 1. The first-order valence-corrected chi connectivity index (χ1v) is 11.0. The maximum absolute atomic E-state index is 13.0. The highest BCUT2D eigenvalue weighted by Crippen LogP contribution is 2.34. The second-order valence-corrected chi connectivity index (χ2v) is 8.83. The van der Waals surface area contributed by atoms with Crippen molar-refractivity contribution in [3.8, 4) is 5.75 Å². The average molecular weight is 473 g/mol. The van der Waals surface area contributed by atoms with Crippen LogP contribution < -0.4 is 14.8 Å². The topological polar surface area (TPSA) is 84.5 Å². The van der Waals surface area contributed by atoms with Crippen molar-refractivity contribution in [2.45, 2.75) is 6.18 Å². The number of hydrogen-bond donors (Lipinski definition) is 2. The number of rotatable bonds is 5. The van der Waals surface area contributed by atoms with Crippen LogP contribution in [0.15, 0.2) is 54.1 Å². The molecule has 2 aromatic rings. The van der Waals surface area contributed by atoms with Crippen molar-refractivity contribution in [1.82, 2.24) is 0 Å². The second-order valence-electron chi connectivity index (χ2n) is 6.65. The van der Waals surface area contributed by atoms with Gasteiger partial charge in [-0.05, 0) is 48.0 Å². The molecule has 3 rings (SSSR count). The number of amides is 1. The maximum atomic E-state index is 13.0. The van der Waals surface area contributed by atoms with Crippen LogP contribution >= 0.6 is 11.6 Å². The molecule has 0 saturated carbocycles. The van der Waals surface area contributed by atoms with Crippen LogP contribution in [-0.4, -0.2) is 27.2 Å². The Morgan fingerprint density at radius 3 is 2.58 bits per heavy atom. The summed E-state index contributed by atoms with van der Waals surface area (Å²) >= 11 is 5.95. The lowest BCUT2D eigenvalue weighted by molar-refractivity contribution is -0.137. The zero-order valence-corrected chi connectivity index (χ0v) is 17.5. The van der Waals surface area contributed by atoms with E-state index in [0.29, 0.717) is 28.5 Å². The van der Waals surface area contributed by atoms with E-state index in [9.17, 15) is 26.4 Å². The van der Waals surface area contributed by atoms with Crippen molar-refractivity contribution >= 4 is 45.0 Å². The predicted molar refractivity (Wildman–Crippen MR) is 113 cm³/mol. The molecule has 0 bridgehead atoms. The van der Waals surface area contributed by atoms with Crippen LogP contribution in [-0.2, 0) is 21.0 Å². The minimum atomic E-state index is -4.67. The van der Waals surface area contributed by atoms with Crippen molar-refractivity contribution in [3.05, 3.63) is 70.3 Å². The van der Waals surface area contributed by atoms with Crippen LogP contribution in [0.1, 0.15) is 11.1 Å². The summed E-state index contributed by atoms with van der Waals surface area (Å²) in [5.41, 5.74) is -0.218. The van der Waals surface area contributed by atoms with Gasteiger partial charge in [-0.15, -0.1) is 0 Å². The number of hydrogen-bond acceptors (Lipinski definition) is 4. The van der Waals surface area contributed by atoms with E-state index < -0.39 is 27.7 Å². The molecule has 0 aliphatic carbocycles. The summed E-state index contributed by atoms with van der Waals surface area (Å²) in [6, 6.07) is 7.38. The molecule has 0 aromatic heterocycles. The van der Waals surface area contributed by atoms with Crippen molar-refractivity contribution in [3.63, 3.8) is 0 Å². The van der Waals surface area contributed by atoms with Crippen LogP contribution in [0.25, 0.3) is 6.08 Å². The number of benzene rings is 2. The predicted octanol–water partition coefficient (Wildman–Crippen LogP) is 4.70. The van der Waals surface area contributed by atoms with Gasteiger partial charge in [0, 0.05) is 16.7 Å². The third-order valence-electron chi connectivity index (χ3n) is 4.06. The maximum Gasteiger partial charge on any atom is 0.416 e. The fraction of sp³-hybridized carbons (Fsp3) is 0.150. The molecule has 31 heavy (non-hydrogen) atoms. The molecule has 1 aliphatic heterocycles. The Kier molecular flexibility index (Phi) is 6.33. The lowest BCUT2D eigenvalue weighted by atomic mass is 10.1. The fourth-order valence-electron chi connectivity index (χ4n) is 2.73. The monoisotopic (exact) mass is 472 g/mol. The van der Waals surface area contributed by atoms with E-state index in [1.807, 2.05) is 0 Å². The lowest BCUT2D eigenvalue weighted by Gasteiger charge is -2.16. The number of anilines is 2. The smallest absolute Gasteiger partial charge is 0.416 e. The van der Waals surface area contributed by atoms with Gasteiger partial charge in [0.2, 0.25) is 15.9 Å². The molecule has 1 amide bonds. The molecular formula is C20H16ClF3N2O4S. The third kappa shape index (κ3) is 6.25. The van der Waals surface area contributed by atoms with E-state index in [1.165, 1.54) is 6.08 Å². The Bertz CT molecular complexity index is 1190. The molecule has 11 heteroatoms. The van der Waals surface area contributed by atoms with Crippen molar-refractivity contribution in [2.24, 2.45) is 0 Å². The first-order chi connectivity index (χ1) is 14.4. The molecule has 0 spiro atoms. The van der Waals surface area contributed by atoms with Gasteiger partial charge in [-0.3, -0.25) is 9.52 Å². The quantitative estimate of drug-likeness (QED) is 0.618. The van der Waals surface area contributed by atoms with Crippen LogP contribution in [0.5, 0.6) is 5.75 Å². The number of nitrogens with one attached hydrogen (secondary N) is 2. The van der Waals surface area contributed by atoms with E-state index in [4.69, 9.17) is 16.3 Å². The van der Waals surface area contributed by atoms with Crippen molar-refractivity contribution in [1.29, 1.82) is 0 Å². The molecule has 0 atom stereocenters. The summed E-state index contributed by atoms with van der Waals surface area (Å²) in [7, 11) is -3.78. The largest absolute Gasteiger partial charge is 0.488 e. The molecule has 1 aliphatic rings. The van der Waals surface area contributed by atoms with Gasteiger partial charge in [0.15, 0.2) is 0 Å². The molecule has 164 valence electrons. The Morgan fingerprint density at radius 2 is 1.90 bits per heavy atom. The first kappa shape index (κ1) is 22.7. The molecule has 2 N–H and O–H groups in total. The van der Waals surface area contributed by atoms with Crippen molar-refractivity contribution < 1.29 is 31.1 Å². The van der Waals surface area contributed by atoms with E-state index in [2.05, 4.69) is 10.0 Å². The normalized spacial score (nSPS) is 13.9. The first-order valence-electron chi connectivity index (χ1n) is 8.72. The van der Waals surface area contributed by atoms with Crippen LogP contribution in [0.3, 0.4) is 0 Å². The van der Waals surface area contributed by atoms with Gasteiger partial charge in [0.1, 0.15) is 12.4 Å². The fourth-order valence-corrected chi connectivity index (χ4v) is 3.49. The third-order valence-corrected chi connectivity index (χ3v) is 4.88. The Hall–Kier alpha value is -2.98. The number of carbonyl (C=O) groups is 1. The molecule has 0 radical (unpaired) electrons. The summed E-state index contributed by atoms with van der Waals surface area (Å²) in [6.45, 7) is 0.183. The minimum absolute atomic E-state index is 0.183. The lowest BCUT2D eigenvalue weighted by Crippen LogP contribution is -2.16. The van der Waals surface area contributed by atoms with E-state index >= 15 is 0 Å². The Labute approximate surface area is 181 Å². The SMILES string of the molecule is CS(=O)(=O)Nc1ccc(C(F)(F)F)cc1NC(=O)C=CC1=Cc2cc(Cl)ccc2OC1. The standard InChI is InChI=1S/C20H16ClF3N2O4S/c1-31(28,29)26-16-5-3-14(20(22,23)24)10-17(16)25-19(27)7-2-12-8-13-9-15(21)4-6-18(13)30-11-12/h2-10,26H,11H2,1H3,(H,25,27). The van der Waals surface area contributed by atoms with Crippen molar-refractivity contribution in [2.75, 3.05) is 22.9 Å². The van der Waals surface area contributed by atoms with Gasteiger partial charge in [0.05, 0.1) is 23.2 Å². The van der Waals surface area contributed by atoms with Gasteiger partial charge in [-0.1, -0.05) is 17.7 Å². The van der Waals surface area contributed by atoms with Gasteiger partial charge >= 0.3 is 6.18 Å². The number of alkyl halides is 3. The van der Waals surface area contributed by atoms with Gasteiger partial charge in [-0.25, -0.2) is 8.42 Å². The zero-order valence-electron chi connectivity index (χ0n) is 16.0. The van der Waals surface area contributed by atoms with E-state index in [-0.39, 0.29) is 18.0 Å². The highest BCUT2D eigenvalue weighted by molar-refractivity contribution is 7.92. The average Bonchev–Trinajstić information content (AvgIpc) is 2.65. The second kappa shape index (κ2) is 8.64. The molecular weight excluding hydrogens is 457 g/mol. The van der Waals surface area contributed by atoms with Gasteiger partial charge in [0.25, 0.3) is 0 Å². The van der Waals surface area contributed by atoms with Crippen LogP contribution in [0, 0.1) is 0 Å². The highest BCUT2D eigenvalue weighted by Gasteiger charge is 2.31. The summed E-state index contributed by atoms with van der Waals surface area (Å²) in [5, 5.41) is 2.78. The number of sulfonamides is 1. The molecule has 0 fully saturated rings. The van der Waals surface area contributed by atoms with Gasteiger partial charge < -0.3 is 10.1 Å².